The van der Waals surface area contributed by atoms with Gasteiger partial charge in [-0.3, -0.25) is 9.36 Å². The van der Waals surface area contributed by atoms with Gasteiger partial charge in [0.25, 0.3) is 0 Å². The number of anilines is 1. The van der Waals surface area contributed by atoms with Gasteiger partial charge in [-0.1, -0.05) is 41.9 Å². The van der Waals surface area contributed by atoms with E-state index in [0.29, 0.717) is 16.1 Å². The molecule has 1 heterocycles. The lowest BCUT2D eigenvalue weighted by Crippen LogP contribution is -2.21. The first-order valence-electron chi connectivity index (χ1n) is 8.34. The molecule has 0 saturated heterocycles. The molecule has 4 rings (SSSR count). The lowest BCUT2D eigenvalue weighted by Gasteiger charge is -2.18. The zero-order valence-electron chi connectivity index (χ0n) is 14.4. The molecule has 0 aliphatic carbocycles. The fourth-order valence-corrected chi connectivity index (χ4v) is 5.37. The quantitative estimate of drug-likeness (QED) is 0.369. The lowest BCUT2D eigenvalue weighted by molar-refractivity contribution is -0.116. The van der Waals surface area contributed by atoms with E-state index in [4.69, 9.17) is 11.6 Å². The number of carbonyl (C=O) groups excluding carboxylic acids is 1. The Hall–Kier alpha value is -2.21. The fourth-order valence-electron chi connectivity index (χ4n) is 3.19. The molecule has 0 radical (unpaired) electrons. The topological polar surface area (TPSA) is 86.6 Å². The maximum atomic E-state index is 12.9. The summed E-state index contributed by atoms with van der Waals surface area (Å²) in [5, 5.41) is 7.18. The Morgan fingerprint density at radius 1 is 1.04 bits per heavy atom. The SMILES string of the molecule is O=C(Nc1ccc2ccccc2c1)[C@H](c1csc2ccc(Cl)cc12)P(=O)(O)O. The second-order valence-electron chi connectivity index (χ2n) is 6.37. The van der Waals surface area contributed by atoms with Crippen molar-refractivity contribution in [1.29, 1.82) is 0 Å². The predicted molar refractivity (Wildman–Crippen MR) is 114 cm³/mol. The van der Waals surface area contributed by atoms with E-state index in [2.05, 4.69) is 5.32 Å². The van der Waals surface area contributed by atoms with E-state index >= 15 is 0 Å². The normalized spacial score (nSPS) is 13.0. The molecular weight excluding hydrogens is 417 g/mol. The van der Waals surface area contributed by atoms with E-state index < -0.39 is 19.2 Å². The summed E-state index contributed by atoms with van der Waals surface area (Å²) in [7, 11) is -4.77. The molecule has 28 heavy (non-hydrogen) atoms. The number of halogens is 1. The fraction of sp³-hybridized carbons (Fsp3) is 0.0500. The number of hydrogen-bond donors (Lipinski definition) is 3. The number of thiophene rings is 1. The van der Waals surface area contributed by atoms with E-state index in [1.54, 1.807) is 35.7 Å². The number of carbonyl (C=O) groups is 1. The zero-order chi connectivity index (χ0) is 19.9. The van der Waals surface area contributed by atoms with Crippen LogP contribution in [0.2, 0.25) is 5.02 Å². The van der Waals surface area contributed by atoms with Crippen molar-refractivity contribution in [2.75, 3.05) is 5.32 Å². The molecule has 8 heteroatoms. The highest BCUT2D eigenvalue weighted by atomic mass is 35.5. The maximum absolute atomic E-state index is 12.9. The number of amides is 1. The number of nitrogens with one attached hydrogen (secondary N) is 1. The van der Waals surface area contributed by atoms with Gasteiger partial charge in [-0.15, -0.1) is 11.3 Å². The second kappa shape index (κ2) is 7.32. The summed E-state index contributed by atoms with van der Waals surface area (Å²) in [6.07, 6.45) is 0. The molecule has 1 amide bonds. The van der Waals surface area contributed by atoms with Crippen LogP contribution in [0.1, 0.15) is 11.2 Å². The largest absolute Gasteiger partial charge is 0.342 e. The van der Waals surface area contributed by atoms with Gasteiger partial charge in [0.15, 0.2) is 5.66 Å². The minimum atomic E-state index is -4.77. The van der Waals surface area contributed by atoms with Gasteiger partial charge in [0.1, 0.15) is 0 Å². The van der Waals surface area contributed by atoms with Crippen LogP contribution in [0.15, 0.2) is 66.0 Å². The monoisotopic (exact) mass is 431 g/mol. The average Bonchev–Trinajstić information content (AvgIpc) is 3.03. The van der Waals surface area contributed by atoms with Crippen molar-refractivity contribution in [3.05, 3.63) is 76.6 Å². The van der Waals surface area contributed by atoms with Gasteiger partial charge in [0, 0.05) is 15.4 Å². The highest BCUT2D eigenvalue weighted by Crippen LogP contribution is 2.54. The first kappa shape index (κ1) is 19.1. The second-order valence-corrected chi connectivity index (χ2v) is 9.42. The van der Waals surface area contributed by atoms with Crippen LogP contribution in [0.5, 0.6) is 0 Å². The van der Waals surface area contributed by atoms with Gasteiger partial charge in [0.2, 0.25) is 5.91 Å². The summed E-state index contributed by atoms with van der Waals surface area (Å²) in [4.78, 5) is 32.7. The Kier molecular flexibility index (Phi) is 5.00. The highest BCUT2D eigenvalue weighted by molar-refractivity contribution is 7.53. The maximum Gasteiger partial charge on any atom is 0.342 e. The smallest absolute Gasteiger partial charge is 0.325 e. The summed E-state index contributed by atoms with van der Waals surface area (Å²) in [6.45, 7) is 0. The zero-order valence-corrected chi connectivity index (χ0v) is 16.8. The Bertz CT molecular complexity index is 1250. The number of fused-ring (bicyclic) bond motifs is 2. The van der Waals surface area contributed by atoms with Crippen LogP contribution in [-0.2, 0) is 9.36 Å². The van der Waals surface area contributed by atoms with E-state index in [1.165, 1.54) is 11.3 Å². The minimum absolute atomic E-state index is 0.272. The third-order valence-corrected chi connectivity index (χ3v) is 6.86. The summed E-state index contributed by atoms with van der Waals surface area (Å²) < 4.78 is 13.0. The molecule has 3 aromatic carbocycles. The molecule has 5 nitrogen and oxygen atoms in total. The van der Waals surface area contributed by atoms with E-state index in [-0.39, 0.29) is 5.56 Å². The Labute approximate surface area is 169 Å². The van der Waals surface area contributed by atoms with Gasteiger partial charge in [-0.25, -0.2) is 0 Å². The number of hydrogen-bond acceptors (Lipinski definition) is 3. The molecular formula is C20H15ClNO4PS. The van der Waals surface area contributed by atoms with Gasteiger partial charge < -0.3 is 15.1 Å². The highest BCUT2D eigenvalue weighted by Gasteiger charge is 2.39. The summed E-state index contributed by atoms with van der Waals surface area (Å²) in [5.74, 6) is -0.761. The Balaban J connectivity index is 1.73. The molecule has 142 valence electrons. The average molecular weight is 432 g/mol. The van der Waals surface area contributed by atoms with Crippen LogP contribution in [0.4, 0.5) is 5.69 Å². The van der Waals surface area contributed by atoms with Crippen LogP contribution < -0.4 is 5.32 Å². The standard InChI is InChI=1S/C20H15ClNO4PS/c21-14-6-8-18-16(10-14)17(11-28-18)19(27(24,25)26)20(23)22-15-7-5-12-3-1-2-4-13(12)9-15/h1-11,19H,(H,22,23)(H2,24,25,26)/t19-/m0/s1. The van der Waals surface area contributed by atoms with Crippen LogP contribution in [0.3, 0.4) is 0 Å². The third-order valence-electron chi connectivity index (χ3n) is 4.46. The van der Waals surface area contributed by atoms with Crippen LogP contribution in [-0.4, -0.2) is 15.7 Å². The molecule has 1 aromatic heterocycles. The van der Waals surface area contributed by atoms with Crippen LogP contribution >= 0.6 is 30.5 Å². The molecule has 1 atom stereocenters. The van der Waals surface area contributed by atoms with Crippen molar-refractivity contribution < 1.29 is 19.1 Å². The van der Waals surface area contributed by atoms with Crippen molar-refractivity contribution in [2.45, 2.75) is 5.66 Å². The summed E-state index contributed by atoms with van der Waals surface area (Å²) >= 11 is 7.35. The van der Waals surface area contributed by atoms with Crippen molar-refractivity contribution in [1.82, 2.24) is 0 Å². The molecule has 4 aromatic rings. The minimum Gasteiger partial charge on any atom is -0.325 e. The van der Waals surface area contributed by atoms with Crippen LogP contribution in [0.25, 0.3) is 20.9 Å². The molecule has 0 aliphatic heterocycles. The van der Waals surface area contributed by atoms with E-state index in [1.807, 2.05) is 30.3 Å². The van der Waals surface area contributed by atoms with Gasteiger partial charge in [-0.2, -0.15) is 0 Å². The molecule has 3 N–H and O–H groups in total. The summed E-state index contributed by atoms with van der Waals surface area (Å²) in [5.41, 5.74) is -0.875. The lowest BCUT2D eigenvalue weighted by atomic mass is 10.1. The van der Waals surface area contributed by atoms with Crippen LogP contribution in [0, 0.1) is 0 Å². The summed E-state index contributed by atoms with van der Waals surface area (Å²) in [6, 6.07) is 18.1. The Morgan fingerprint density at radius 2 is 1.79 bits per heavy atom. The van der Waals surface area contributed by atoms with E-state index in [0.717, 1.165) is 15.5 Å². The van der Waals surface area contributed by atoms with Crippen molar-refractivity contribution in [2.24, 2.45) is 0 Å². The molecule has 0 bridgehead atoms. The molecule has 0 aliphatic rings. The first-order chi connectivity index (χ1) is 13.3. The Morgan fingerprint density at radius 3 is 2.54 bits per heavy atom. The van der Waals surface area contributed by atoms with Crippen molar-refractivity contribution in [3.8, 4) is 0 Å². The number of rotatable bonds is 4. The first-order valence-corrected chi connectivity index (χ1v) is 11.3. The van der Waals surface area contributed by atoms with Crippen molar-refractivity contribution >= 4 is 63.0 Å². The van der Waals surface area contributed by atoms with Gasteiger partial charge in [0.05, 0.1) is 0 Å². The van der Waals surface area contributed by atoms with Crippen molar-refractivity contribution in [3.63, 3.8) is 0 Å². The van der Waals surface area contributed by atoms with Gasteiger partial charge >= 0.3 is 7.60 Å². The van der Waals surface area contributed by atoms with E-state index in [9.17, 15) is 19.1 Å². The molecule has 0 saturated carbocycles. The predicted octanol–water partition coefficient (Wildman–Crippen LogP) is 5.57. The molecule has 0 unspecified atom stereocenters. The third kappa shape index (κ3) is 3.70. The van der Waals surface area contributed by atoms with Gasteiger partial charge in [-0.05, 0) is 57.4 Å². The number of benzene rings is 3. The molecule has 0 fully saturated rings. The molecule has 0 spiro atoms.